The number of fused-ring (bicyclic) bond motifs is 1. The van der Waals surface area contributed by atoms with Crippen LogP contribution in [-0.2, 0) is 11.3 Å². The van der Waals surface area contributed by atoms with Gasteiger partial charge in [-0.1, -0.05) is 18.2 Å². The summed E-state index contributed by atoms with van der Waals surface area (Å²) >= 11 is 0. The number of benzene rings is 2. The molecule has 4 heteroatoms. The van der Waals surface area contributed by atoms with Crippen molar-refractivity contribution in [2.24, 2.45) is 0 Å². The van der Waals surface area contributed by atoms with Crippen LogP contribution in [0.2, 0.25) is 0 Å². The molecule has 2 aromatic rings. The number of methoxy groups -OCH3 is 1. The second-order valence-electron chi connectivity index (χ2n) is 8.44. The summed E-state index contributed by atoms with van der Waals surface area (Å²) in [6, 6.07) is 13.4. The van der Waals surface area contributed by atoms with Crippen molar-refractivity contribution in [1.29, 1.82) is 0 Å². The standard InChI is InChI=1S/C23H28N2O2/c1-27-21-9-6-18-14-17(4-5-19(18)15-21)16-24-12-2-10-23(24)11-3-13-25(22(23)26)20-7-8-20/h4-6,9,14-15,20H,2-3,7-8,10-13,16H2,1H3. The van der Waals surface area contributed by atoms with E-state index >= 15 is 0 Å². The van der Waals surface area contributed by atoms with E-state index in [1.54, 1.807) is 7.11 Å². The zero-order chi connectivity index (χ0) is 18.4. The maximum absolute atomic E-state index is 13.4. The lowest BCUT2D eigenvalue weighted by Crippen LogP contribution is -2.60. The van der Waals surface area contributed by atoms with E-state index in [1.807, 2.05) is 6.07 Å². The first-order valence-electron chi connectivity index (χ1n) is 10.3. The predicted molar refractivity (Wildman–Crippen MR) is 107 cm³/mol. The molecule has 2 heterocycles. The summed E-state index contributed by atoms with van der Waals surface area (Å²) in [6.45, 7) is 2.87. The smallest absolute Gasteiger partial charge is 0.243 e. The molecule has 3 aliphatic rings. The summed E-state index contributed by atoms with van der Waals surface area (Å²) in [5.41, 5.74) is 1.06. The monoisotopic (exact) mass is 364 g/mol. The van der Waals surface area contributed by atoms with Crippen LogP contribution in [0.1, 0.15) is 44.1 Å². The number of likely N-dealkylation sites (tertiary alicyclic amines) is 2. The van der Waals surface area contributed by atoms with E-state index in [9.17, 15) is 4.79 Å². The van der Waals surface area contributed by atoms with Gasteiger partial charge in [-0.3, -0.25) is 9.69 Å². The van der Waals surface area contributed by atoms with Crippen molar-refractivity contribution in [2.75, 3.05) is 20.2 Å². The van der Waals surface area contributed by atoms with E-state index in [4.69, 9.17) is 4.74 Å². The van der Waals surface area contributed by atoms with Crippen molar-refractivity contribution in [1.82, 2.24) is 9.80 Å². The third kappa shape index (κ3) is 2.91. The minimum Gasteiger partial charge on any atom is -0.497 e. The van der Waals surface area contributed by atoms with Crippen LogP contribution < -0.4 is 4.74 Å². The minimum absolute atomic E-state index is 0.240. The second-order valence-corrected chi connectivity index (χ2v) is 8.44. The first kappa shape index (κ1) is 17.1. The quantitative estimate of drug-likeness (QED) is 0.823. The maximum Gasteiger partial charge on any atom is 0.243 e. The fourth-order valence-electron chi connectivity index (χ4n) is 5.16. The Kier molecular flexibility index (Phi) is 4.12. The summed E-state index contributed by atoms with van der Waals surface area (Å²) in [6.07, 6.45) is 6.75. The van der Waals surface area contributed by atoms with Crippen LogP contribution in [0.5, 0.6) is 5.75 Å². The van der Waals surface area contributed by atoms with Gasteiger partial charge in [-0.15, -0.1) is 0 Å². The van der Waals surface area contributed by atoms with Crippen molar-refractivity contribution in [3.8, 4) is 5.75 Å². The van der Waals surface area contributed by atoms with Gasteiger partial charge in [0.15, 0.2) is 0 Å². The van der Waals surface area contributed by atoms with Crippen LogP contribution in [0.25, 0.3) is 10.8 Å². The van der Waals surface area contributed by atoms with Crippen molar-refractivity contribution in [3.05, 3.63) is 42.0 Å². The van der Waals surface area contributed by atoms with Crippen LogP contribution in [0.15, 0.2) is 36.4 Å². The number of carbonyl (C=O) groups excluding carboxylic acids is 1. The number of carbonyl (C=O) groups is 1. The van der Waals surface area contributed by atoms with Gasteiger partial charge in [0.1, 0.15) is 11.3 Å². The predicted octanol–water partition coefficient (Wildman–Crippen LogP) is 3.97. The van der Waals surface area contributed by atoms with Crippen LogP contribution >= 0.6 is 0 Å². The van der Waals surface area contributed by atoms with Crippen molar-refractivity contribution >= 4 is 16.7 Å². The zero-order valence-corrected chi connectivity index (χ0v) is 16.1. The van der Waals surface area contributed by atoms with Crippen LogP contribution in [-0.4, -0.2) is 47.5 Å². The Morgan fingerprint density at radius 3 is 2.56 bits per heavy atom. The first-order chi connectivity index (χ1) is 13.2. The van der Waals surface area contributed by atoms with Gasteiger partial charge >= 0.3 is 0 Å². The van der Waals surface area contributed by atoms with Crippen molar-refractivity contribution in [2.45, 2.75) is 56.7 Å². The highest BCUT2D eigenvalue weighted by atomic mass is 16.5. The van der Waals surface area contributed by atoms with Gasteiger partial charge in [0, 0.05) is 19.1 Å². The van der Waals surface area contributed by atoms with Gasteiger partial charge in [0.05, 0.1) is 7.11 Å². The average Bonchev–Trinajstić information content (AvgIpc) is 3.46. The third-order valence-electron chi connectivity index (χ3n) is 6.74. The first-order valence-corrected chi connectivity index (χ1v) is 10.3. The maximum atomic E-state index is 13.4. The second kappa shape index (κ2) is 6.52. The molecule has 2 aliphatic heterocycles. The molecule has 1 atom stereocenters. The number of ether oxygens (including phenoxy) is 1. The average molecular weight is 364 g/mol. The molecule has 1 saturated carbocycles. The molecule has 0 N–H and O–H groups in total. The molecular weight excluding hydrogens is 336 g/mol. The lowest BCUT2D eigenvalue weighted by Gasteiger charge is -2.45. The molecule has 142 valence electrons. The third-order valence-corrected chi connectivity index (χ3v) is 6.74. The Balaban J connectivity index is 1.40. The molecule has 1 amide bonds. The van der Waals surface area contributed by atoms with Gasteiger partial charge in [0.2, 0.25) is 5.91 Å². The van der Waals surface area contributed by atoms with Gasteiger partial charge < -0.3 is 9.64 Å². The molecule has 1 spiro atoms. The summed E-state index contributed by atoms with van der Waals surface area (Å²) in [7, 11) is 1.70. The van der Waals surface area contributed by atoms with Crippen molar-refractivity contribution in [3.63, 3.8) is 0 Å². The lowest BCUT2D eigenvalue weighted by molar-refractivity contribution is -0.148. The van der Waals surface area contributed by atoms with E-state index in [0.717, 1.165) is 51.1 Å². The normalized spacial score (nSPS) is 26.3. The molecule has 1 unspecified atom stereocenters. The number of amides is 1. The number of hydrogen-bond donors (Lipinski definition) is 0. The number of hydrogen-bond acceptors (Lipinski definition) is 3. The highest BCUT2D eigenvalue weighted by Crippen LogP contribution is 2.42. The highest BCUT2D eigenvalue weighted by Gasteiger charge is 2.52. The zero-order valence-electron chi connectivity index (χ0n) is 16.1. The SMILES string of the molecule is COc1ccc2cc(CN3CCCC34CCCN(C3CC3)C4=O)ccc2c1. The summed E-state index contributed by atoms with van der Waals surface area (Å²) in [5.74, 6) is 1.31. The van der Waals surface area contributed by atoms with Crippen LogP contribution in [0.4, 0.5) is 0 Å². The number of nitrogens with zero attached hydrogens (tertiary/aromatic N) is 2. The van der Waals surface area contributed by atoms with Crippen molar-refractivity contribution < 1.29 is 9.53 Å². The van der Waals surface area contributed by atoms with Gasteiger partial charge in [-0.05, 0) is 79.6 Å². The van der Waals surface area contributed by atoms with Gasteiger partial charge in [-0.25, -0.2) is 0 Å². The van der Waals surface area contributed by atoms with E-state index in [2.05, 4.69) is 40.1 Å². The molecule has 3 fully saturated rings. The van der Waals surface area contributed by atoms with E-state index in [0.29, 0.717) is 11.9 Å². The fraction of sp³-hybridized carbons (Fsp3) is 0.522. The molecule has 2 aromatic carbocycles. The molecule has 0 radical (unpaired) electrons. The molecule has 1 aliphatic carbocycles. The largest absolute Gasteiger partial charge is 0.497 e. The number of rotatable bonds is 4. The Bertz CT molecular complexity index is 876. The van der Waals surface area contributed by atoms with E-state index < -0.39 is 0 Å². The van der Waals surface area contributed by atoms with E-state index in [1.165, 1.54) is 29.2 Å². The Morgan fingerprint density at radius 2 is 1.78 bits per heavy atom. The van der Waals surface area contributed by atoms with Gasteiger partial charge in [-0.2, -0.15) is 0 Å². The topological polar surface area (TPSA) is 32.8 Å². The lowest BCUT2D eigenvalue weighted by atomic mass is 9.85. The highest BCUT2D eigenvalue weighted by molar-refractivity contribution is 5.88. The minimum atomic E-state index is -0.240. The van der Waals surface area contributed by atoms with Crippen LogP contribution in [0, 0.1) is 0 Å². The molecule has 0 bridgehead atoms. The Morgan fingerprint density at radius 1 is 1.04 bits per heavy atom. The summed E-state index contributed by atoms with van der Waals surface area (Å²) in [5, 5.41) is 2.43. The van der Waals surface area contributed by atoms with E-state index in [-0.39, 0.29) is 5.54 Å². The molecule has 27 heavy (non-hydrogen) atoms. The van der Waals surface area contributed by atoms with Gasteiger partial charge in [0.25, 0.3) is 0 Å². The Labute approximate surface area is 161 Å². The number of piperidine rings is 1. The Hall–Kier alpha value is -2.07. The molecule has 5 rings (SSSR count). The van der Waals surface area contributed by atoms with Crippen LogP contribution in [0.3, 0.4) is 0 Å². The fourth-order valence-corrected chi connectivity index (χ4v) is 5.16. The summed E-state index contributed by atoms with van der Waals surface area (Å²) < 4.78 is 5.33. The molecule has 0 aromatic heterocycles. The molecule has 4 nitrogen and oxygen atoms in total. The summed E-state index contributed by atoms with van der Waals surface area (Å²) in [4.78, 5) is 18.1. The molecular formula is C23H28N2O2. The molecule has 2 saturated heterocycles.